The van der Waals surface area contributed by atoms with Crippen molar-refractivity contribution in [2.45, 2.75) is 130 Å². The zero-order valence-corrected chi connectivity index (χ0v) is 34.7. The van der Waals surface area contributed by atoms with E-state index < -0.39 is 11.2 Å². The number of aromatic amines is 1. The lowest BCUT2D eigenvalue weighted by Crippen LogP contribution is -2.42. The maximum atomic E-state index is 13.4. The average Bonchev–Trinajstić information content (AvgIpc) is 3.16. The van der Waals surface area contributed by atoms with Crippen LogP contribution in [0.1, 0.15) is 123 Å². The molecule has 2 aromatic carbocycles. The third kappa shape index (κ3) is 11.9. The predicted octanol–water partition coefficient (Wildman–Crippen LogP) is 8.84. The van der Waals surface area contributed by atoms with Crippen LogP contribution in [0.5, 0.6) is 0 Å². The van der Waals surface area contributed by atoms with E-state index in [1.54, 1.807) is 14.4 Å². The molecule has 4 heterocycles. The van der Waals surface area contributed by atoms with Crippen molar-refractivity contribution in [3.8, 4) is 0 Å². The Morgan fingerprint density at radius 1 is 0.702 bits per heavy atom. The summed E-state index contributed by atoms with van der Waals surface area (Å²) in [6.45, 7) is 15.5. The minimum Gasteiger partial charge on any atom is -0.444 e. The van der Waals surface area contributed by atoms with Crippen molar-refractivity contribution in [3.05, 3.63) is 92.5 Å². The topological polar surface area (TPSA) is 140 Å². The van der Waals surface area contributed by atoms with Gasteiger partial charge in [0.15, 0.2) is 6.73 Å². The summed E-state index contributed by atoms with van der Waals surface area (Å²) >= 11 is 0. The van der Waals surface area contributed by atoms with Gasteiger partial charge >= 0.3 is 18.2 Å². The van der Waals surface area contributed by atoms with Gasteiger partial charge in [-0.05, 0) is 121 Å². The highest BCUT2D eigenvalue weighted by Crippen LogP contribution is 2.30. The number of aromatic nitrogens is 2. The monoisotopic (exact) mass is 784 g/mol. The van der Waals surface area contributed by atoms with Crippen molar-refractivity contribution in [1.29, 1.82) is 0 Å². The summed E-state index contributed by atoms with van der Waals surface area (Å²) in [6, 6.07) is 19.4. The molecule has 0 radical (unpaired) electrons. The highest BCUT2D eigenvalue weighted by Gasteiger charge is 2.30. The van der Waals surface area contributed by atoms with E-state index >= 15 is 0 Å². The van der Waals surface area contributed by atoms with Gasteiger partial charge in [0.2, 0.25) is 0 Å². The molecule has 2 saturated heterocycles. The molecule has 2 amide bonds. The molecule has 6 rings (SSSR count). The van der Waals surface area contributed by atoms with E-state index in [4.69, 9.17) is 14.2 Å². The van der Waals surface area contributed by atoms with Crippen molar-refractivity contribution in [2.75, 3.05) is 26.2 Å². The smallest absolute Gasteiger partial charge is 0.410 e. The summed E-state index contributed by atoms with van der Waals surface area (Å²) in [7, 11) is 0. The van der Waals surface area contributed by atoms with Crippen LogP contribution in [0.2, 0.25) is 0 Å². The number of pyridine rings is 2. The predicted molar refractivity (Wildman–Crippen MR) is 223 cm³/mol. The largest absolute Gasteiger partial charge is 0.444 e. The van der Waals surface area contributed by atoms with Crippen molar-refractivity contribution in [1.82, 2.24) is 19.4 Å². The second-order valence-electron chi connectivity index (χ2n) is 17.1. The first-order valence-corrected chi connectivity index (χ1v) is 20.4. The van der Waals surface area contributed by atoms with Crippen molar-refractivity contribution in [3.63, 3.8) is 0 Å². The Bertz CT molecular complexity index is 2130. The van der Waals surface area contributed by atoms with Gasteiger partial charge in [0.25, 0.3) is 11.1 Å². The number of ether oxygens (including phenoxy) is 3. The fourth-order valence-electron chi connectivity index (χ4n) is 7.37. The zero-order chi connectivity index (χ0) is 41.3. The number of H-pyrrole nitrogens is 1. The van der Waals surface area contributed by atoms with Crippen LogP contribution in [0.15, 0.2) is 70.3 Å². The molecule has 2 aliphatic heterocycles. The molecule has 308 valence electrons. The maximum Gasteiger partial charge on any atom is 0.410 e. The molecule has 57 heavy (non-hydrogen) atoms. The van der Waals surface area contributed by atoms with E-state index in [0.29, 0.717) is 51.0 Å². The molecule has 0 saturated carbocycles. The van der Waals surface area contributed by atoms with E-state index in [-0.39, 0.29) is 47.8 Å². The quantitative estimate of drug-likeness (QED) is 0.106. The van der Waals surface area contributed by atoms with E-state index in [1.807, 2.05) is 102 Å². The number of carbonyl (C=O) groups is 3. The number of para-hydroxylation sites is 2. The second kappa shape index (κ2) is 18.9. The minimum atomic E-state index is -0.534. The van der Waals surface area contributed by atoms with Gasteiger partial charge in [-0.3, -0.25) is 19.0 Å². The number of unbranched alkanes of at least 4 members (excludes halogenated alkanes) is 2. The first-order chi connectivity index (χ1) is 27.0. The van der Waals surface area contributed by atoms with Crippen LogP contribution in [0.3, 0.4) is 0 Å². The normalized spacial score (nSPS) is 15.6. The number of hydrogen-bond acceptors (Lipinski definition) is 8. The van der Waals surface area contributed by atoms with E-state index in [9.17, 15) is 24.0 Å². The number of likely N-dealkylation sites (tertiary alicyclic amines) is 2. The highest BCUT2D eigenvalue weighted by atomic mass is 16.6. The molecule has 12 heteroatoms. The fraction of sp³-hybridized carbons (Fsp3) is 0.533. The van der Waals surface area contributed by atoms with Gasteiger partial charge in [0, 0.05) is 49.2 Å². The Balaban J connectivity index is 0.000000228. The summed E-state index contributed by atoms with van der Waals surface area (Å²) in [6.07, 6.45) is 5.51. The molecule has 0 unspecified atom stereocenters. The number of benzene rings is 2. The molecule has 2 aliphatic rings. The van der Waals surface area contributed by atoms with Crippen LogP contribution in [0, 0.1) is 0 Å². The summed E-state index contributed by atoms with van der Waals surface area (Å²) in [5.74, 6) is -0.0696. The van der Waals surface area contributed by atoms with Crippen LogP contribution in [-0.4, -0.2) is 74.9 Å². The molecule has 12 nitrogen and oxygen atoms in total. The first-order valence-electron chi connectivity index (χ1n) is 20.4. The van der Waals surface area contributed by atoms with Crippen molar-refractivity contribution >= 4 is 40.0 Å². The lowest BCUT2D eigenvalue weighted by atomic mass is 9.89. The number of carbonyl (C=O) groups excluding carboxylic acids is 3. The van der Waals surface area contributed by atoms with Gasteiger partial charge in [-0.1, -0.05) is 56.2 Å². The lowest BCUT2D eigenvalue weighted by Gasteiger charge is -2.33. The molecular formula is C45H60N4O8. The Labute approximate surface area is 335 Å². The van der Waals surface area contributed by atoms with Gasteiger partial charge in [-0.2, -0.15) is 0 Å². The van der Waals surface area contributed by atoms with Gasteiger partial charge in [-0.25, -0.2) is 9.59 Å². The van der Waals surface area contributed by atoms with Crippen molar-refractivity contribution in [2.24, 2.45) is 0 Å². The van der Waals surface area contributed by atoms with Gasteiger partial charge in [0.1, 0.15) is 11.2 Å². The maximum absolute atomic E-state index is 13.4. The highest BCUT2D eigenvalue weighted by molar-refractivity contribution is 5.80. The molecule has 0 bridgehead atoms. The van der Waals surface area contributed by atoms with E-state index in [1.165, 1.54) is 0 Å². The molecule has 0 atom stereocenters. The Morgan fingerprint density at radius 3 is 1.77 bits per heavy atom. The summed E-state index contributed by atoms with van der Waals surface area (Å²) in [5.41, 5.74) is 1.96. The zero-order valence-electron chi connectivity index (χ0n) is 34.7. The molecule has 2 aromatic heterocycles. The fourth-order valence-corrected chi connectivity index (χ4v) is 7.37. The third-order valence-electron chi connectivity index (χ3n) is 10.3. The van der Waals surface area contributed by atoms with Crippen LogP contribution in [0.4, 0.5) is 9.59 Å². The number of fused-ring (bicyclic) bond motifs is 2. The Hall–Kier alpha value is -5.13. The van der Waals surface area contributed by atoms with Gasteiger partial charge < -0.3 is 29.0 Å². The average molecular weight is 785 g/mol. The number of amides is 2. The van der Waals surface area contributed by atoms with Crippen LogP contribution in [-0.2, 0) is 25.7 Å². The minimum absolute atomic E-state index is 0.0237. The first kappa shape index (κ1) is 43.0. The molecule has 2 fully saturated rings. The van der Waals surface area contributed by atoms with Crippen LogP contribution < -0.4 is 11.1 Å². The Morgan fingerprint density at radius 2 is 1.21 bits per heavy atom. The van der Waals surface area contributed by atoms with Gasteiger partial charge in [0.05, 0.1) is 5.52 Å². The summed E-state index contributed by atoms with van der Waals surface area (Å²) in [4.78, 5) is 68.9. The SMILES string of the molecule is CC(C)(C)OC(=O)N1CCC(c2cc3ccccc3[nH]c2=O)CC1.CCCCCC(=O)OCn1c(=O)c(C2CCN(C(=O)OC(C)(C)C)CC2)cc2ccccc21. The summed E-state index contributed by atoms with van der Waals surface area (Å²) in [5, 5.41) is 1.98. The number of hydrogen-bond donors (Lipinski definition) is 1. The number of piperidine rings is 2. The number of esters is 1. The lowest BCUT2D eigenvalue weighted by molar-refractivity contribution is -0.147. The van der Waals surface area contributed by atoms with E-state index in [0.717, 1.165) is 59.5 Å². The second-order valence-corrected chi connectivity index (χ2v) is 17.1. The van der Waals surface area contributed by atoms with Crippen LogP contribution >= 0.6 is 0 Å². The third-order valence-corrected chi connectivity index (χ3v) is 10.3. The Kier molecular flexibility index (Phi) is 14.2. The molecule has 4 aromatic rings. The molecular weight excluding hydrogens is 725 g/mol. The summed E-state index contributed by atoms with van der Waals surface area (Å²) < 4.78 is 17.9. The molecule has 0 aliphatic carbocycles. The molecule has 0 spiro atoms. The van der Waals surface area contributed by atoms with E-state index in [2.05, 4.69) is 11.9 Å². The number of rotatable bonds is 8. The standard InChI is InChI=1S/C26H36N2O5.C19H24N2O3/c1-5-6-7-12-23(29)32-18-28-22-11-9-8-10-20(22)17-21(24(28)30)19-13-15-27(16-14-19)25(31)33-26(2,3)4;1-19(2,3)24-18(23)21-10-8-13(9-11-21)15-12-14-6-4-5-7-16(14)20-17(15)22/h8-11,17,19H,5-7,12-16,18H2,1-4H3;4-7,12-13H,8-11H2,1-3H3,(H,20,22). The van der Waals surface area contributed by atoms with Gasteiger partial charge in [-0.15, -0.1) is 0 Å². The van der Waals surface area contributed by atoms with Crippen molar-refractivity contribution < 1.29 is 28.6 Å². The number of nitrogens with one attached hydrogen (secondary N) is 1. The molecule has 1 N–H and O–H groups in total. The number of nitrogens with zero attached hydrogens (tertiary/aromatic N) is 3. The van der Waals surface area contributed by atoms with Crippen LogP contribution in [0.25, 0.3) is 21.8 Å².